The molecule has 6 nitrogen and oxygen atoms in total. The number of halogens is 2. The summed E-state index contributed by atoms with van der Waals surface area (Å²) >= 11 is 0. The number of urea groups is 1. The molecule has 36 heavy (non-hydrogen) atoms. The zero-order chi connectivity index (χ0) is 25.8. The maximum atomic E-state index is 13.4. The number of likely N-dealkylation sites (tertiary alicyclic amines) is 1. The molecule has 2 unspecified atom stereocenters. The number of quaternary nitrogens is 1. The minimum absolute atomic E-state index is 0.0334. The number of likely N-dealkylation sites (N-methyl/N-ethyl adjacent to an activating group) is 1. The number of rotatable bonds is 8. The van der Waals surface area contributed by atoms with Gasteiger partial charge in [-0.05, 0) is 23.3 Å². The molecule has 3 amide bonds. The van der Waals surface area contributed by atoms with Crippen molar-refractivity contribution in [2.75, 3.05) is 38.5 Å². The van der Waals surface area contributed by atoms with Crippen molar-refractivity contribution < 1.29 is 22.9 Å². The summed E-state index contributed by atoms with van der Waals surface area (Å²) in [6.45, 7) is 2.50. The van der Waals surface area contributed by atoms with Gasteiger partial charge in [-0.2, -0.15) is 0 Å². The van der Waals surface area contributed by atoms with E-state index >= 15 is 0 Å². The van der Waals surface area contributed by atoms with Gasteiger partial charge in [0, 0.05) is 24.1 Å². The highest BCUT2D eigenvalue weighted by Gasteiger charge is 2.53. The van der Waals surface area contributed by atoms with Crippen LogP contribution in [0.2, 0.25) is 0 Å². The maximum Gasteiger partial charge on any atom is 0.319 e. The Hall–Kier alpha value is -3.78. The lowest BCUT2D eigenvalue weighted by Crippen LogP contribution is -2.52. The fourth-order valence-electron chi connectivity index (χ4n) is 5.51. The highest BCUT2D eigenvalue weighted by molar-refractivity contribution is 5.91. The number of primary amides is 1. The van der Waals surface area contributed by atoms with Crippen LogP contribution < -0.4 is 16.4 Å². The lowest BCUT2D eigenvalue weighted by atomic mass is 9.64. The van der Waals surface area contributed by atoms with Gasteiger partial charge in [0.2, 0.25) is 5.91 Å². The molecule has 0 aromatic heterocycles. The van der Waals surface area contributed by atoms with E-state index in [2.05, 4.69) is 17.7 Å². The normalized spacial score (nSPS) is 19.6. The quantitative estimate of drug-likeness (QED) is 0.414. The lowest BCUT2D eigenvalue weighted by Gasteiger charge is -2.38. The van der Waals surface area contributed by atoms with Gasteiger partial charge >= 0.3 is 6.03 Å². The van der Waals surface area contributed by atoms with Crippen LogP contribution in [0.15, 0.2) is 78.9 Å². The molecule has 188 valence electrons. The van der Waals surface area contributed by atoms with Gasteiger partial charge in [-0.25, -0.2) is 13.6 Å². The largest absolute Gasteiger partial charge is 0.369 e. The van der Waals surface area contributed by atoms with Crippen molar-refractivity contribution in [3.63, 3.8) is 0 Å². The molecule has 1 aliphatic rings. The van der Waals surface area contributed by atoms with Crippen molar-refractivity contribution in [2.45, 2.75) is 11.8 Å². The Bertz CT molecular complexity index is 1160. The Kier molecular flexibility index (Phi) is 7.35. The monoisotopic (exact) mass is 493 g/mol. The van der Waals surface area contributed by atoms with Crippen LogP contribution in [0.5, 0.6) is 0 Å². The summed E-state index contributed by atoms with van der Waals surface area (Å²) in [5, 5.41) is 5.21. The number of benzene rings is 3. The van der Waals surface area contributed by atoms with Crippen molar-refractivity contribution in [1.29, 1.82) is 0 Å². The third-order valence-corrected chi connectivity index (χ3v) is 7.20. The first-order valence-electron chi connectivity index (χ1n) is 12.0. The van der Waals surface area contributed by atoms with Crippen LogP contribution in [0, 0.1) is 17.6 Å². The number of hydrogen-bond acceptors (Lipinski definition) is 2. The number of amides is 3. The van der Waals surface area contributed by atoms with Gasteiger partial charge in [-0.15, -0.1) is 0 Å². The number of nitrogens with one attached hydrogen (secondary N) is 2. The molecular weight excluding hydrogens is 462 g/mol. The van der Waals surface area contributed by atoms with Crippen LogP contribution in [-0.2, 0) is 10.2 Å². The second kappa shape index (κ2) is 10.5. The van der Waals surface area contributed by atoms with Gasteiger partial charge in [-0.1, -0.05) is 60.7 Å². The van der Waals surface area contributed by atoms with Crippen LogP contribution in [-0.4, -0.2) is 49.6 Å². The summed E-state index contributed by atoms with van der Waals surface area (Å²) in [5.74, 6) is -1.94. The van der Waals surface area contributed by atoms with E-state index in [1.54, 1.807) is 0 Å². The third-order valence-electron chi connectivity index (χ3n) is 7.20. The molecule has 8 heteroatoms. The average Bonchev–Trinajstić information content (AvgIpc) is 3.22. The van der Waals surface area contributed by atoms with Gasteiger partial charge in [0.25, 0.3) is 0 Å². The number of carbonyl (C=O) groups excluding carboxylic acids is 2. The van der Waals surface area contributed by atoms with Crippen LogP contribution in [0.4, 0.5) is 19.3 Å². The molecule has 0 radical (unpaired) electrons. The first kappa shape index (κ1) is 25.3. The van der Waals surface area contributed by atoms with Crippen molar-refractivity contribution in [1.82, 2.24) is 5.32 Å². The highest BCUT2D eigenvalue weighted by atomic mass is 19.1. The summed E-state index contributed by atoms with van der Waals surface area (Å²) in [7, 11) is 2.10. The van der Waals surface area contributed by atoms with Gasteiger partial charge in [-0.3, -0.25) is 4.79 Å². The predicted octanol–water partition coefficient (Wildman–Crippen LogP) is 4.02. The molecule has 0 spiro atoms. The Balaban J connectivity index is 1.47. The van der Waals surface area contributed by atoms with Crippen molar-refractivity contribution in [2.24, 2.45) is 11.7 Å². The lowest BCUT2D eigenvalue weighted by molar-refractivity contribution is -0.898. The topological polar surface area (TPSA) is 84.2 Å². The first-order valence-corrected chi connectivity index (χ1v) is 12.0. The van der Waals surface area contributed by atoms with Crippen molar-refractivity contribution >= 4 is 17.6 Å². The fraction of sp³-hybridized carbons (Fsp3) is 0.286. The number of hydrogen-bond donors (Lipinski definition) is 3. The summed E-state index contributed by atoms with van der Waals surface area (Å²) in [5.41, 5.74) is 7.01. The van der Waals surface area contributed by atoms with E-state index in [4.69, 9.17) is 5.73 Å². The van der Waals surface area contributed by atoms with Crippen molar-refractivity contribution in [3.8, 4) is 0 Å². The molecule has 1 saturated heterocycles. The Labute approximate surface area is 209 Å². The Morgan fingerprint density at radius 3 is 2.06 bits per heavy atom. The smallest absolute Gasteiger partial charge is 0.319 e. The Morgan fingerprint density at radius 1 is 0.972 bits per heavy atom. The molecule has 4 rings (SSSR count). The summed E-state index contributed by atoms with van der Waals surface area (Å²) in [4.78, 5) is 25.5. The molecule has 1 fully saturated rings. The third kappa shape index (κ3) is 5.23. The van der Waals surface area contributed by atoms with Gasteiger partial charge in [0.1, 0.15) is 17.0 Å². The van der Waals surface area contributed by atoms with E-state index in [0.717, 1.165) is 42.3 Å². The van der Waals surface area contributed by atoms with Gasteiger partial charge < -0.3 is 20.9 Å². The second-order valence-electron chi connectivity index (χ2n) is 9.68. The summed E-state index contributed by atoms with van der Waals surface area (Å²) in [6, 6.07) is 21.7. The zero-order valence-electron chi connectivity index (χ0n) is 20.2. The van der Waals surface area contributed by atoms with E-state index in [0.29, 0.717) is 24.1 Å². The number of anilines is 1. The number of nitrogens with zero attached hydrogens (tertiary/aromatic N) is 1. The first-order chi connectivity index (χ1) is 17.2. The number of carbonyl (C=O) groups is 2. The average molecular weight is 494 g/mol. The van der Waals surface area contributed by atoms with E-state index in [9.17, 15) is 18.4 Å². The molecule has 2 atom stereocenters. The van der Waals surface area contributed by atoms with E-state index in [-0.39, 0.29) is 17.5 Å². The Morgan fingerprint density at radius 2 is 1.53 bits per heavy atom. The SMILES string of the molecule is C[N+]1(CCNC(=O)Nc2cc(F)cc(F)c2)CCC(C(C(N)=O)(c2ccccc2)c2ccccc2)C1. The molecule has 0 bridgehead atoms. The molecule has 3 aromatic carbocycles. The van der Waals surface area contributed by atoms with Crippen LogP contribution in [0.25, 0.3) is 0 Å². The van der Waals surface area contributed by atoms with Gasteiger partial charge in [0.15, 0.2) is 0 Å². The van der Waals surface area contributed by atoms with Gasteiger partial charge in [0.05, 0.1) is 33.2 Å². The molecule has 3 aromatic rings. The number of nitrogens with two attached hydrogens (primary N) is 1. The fourth-order valence-corrected chi connectivity index (χ4v) is 5.51. The maximum absolute atomic E-state index is 13.4. The van der Waals surface area contributed by atoms with E-state index in [1.807, 2.05) is 60.7 Å². The predicted molar refractivity (Wildman–Crippen MR) is 135 cm³/mol. The molecular formula is C28H31F2N4O2+. The minimum Gasteiger partial charge on any atom is -0.369 e. The van der Waals surface area contributed by atoms with E-state index < -0.39 is 23.1 Å². The molecule has 0 aliphatic carbocycles. The van der Waals surface area contributed by atoms with Crippen molar-refractivity contribution in [3.05, 3.63) is 102 Å². The minimum atomic E-state index is -0.967. The molecule has 1 heterocycles. The van der Waals surface area contributed by atoms with Crippen LogP contribution in [0.1, 0.15) is 17.5 Å². The molecule has 1 aliphatic heterocycles. The second-order valence-corrected chi connectivity index (χ2v) is 9.68. The summed E-state index contributed by atoms with van der Waals surface area (Å²) in [6.07, 6.45) is 0.790. The van der Waals surface area contributed by atoms with E-state index in [1.165, 1.54) is 0 Å². The zero-order valence-corrected chi connectivity index (χ0v) is 20.2. The summed E-state index contributed by atoms with van der Waals surface area (Å²) < 4.78 is 27.4. The molecule has 4 N–H and O–H groups in total. The highest BCUT2D eigenvalue weighted by Crippen LogP contribution is 2.44. The van der Waals surface area contributed by atoms with Crippen LogP contribution >= 0.6 is 0 Å². The standard InChI is InChI=1S/C28H30F2N4O2/c1-34(15-13-32-27(36)33-25-17-23(29)16-24(30)18-25)14-12-22(19-34)28(26(31)35,20-8-4-2-5-9-20)21-10-6-3-7-11-21/h2-11,16-18,22H,12-15,19H2,1H3,(H3-,31,32,33,35,36)/p+1. The molecule has 0 saturated carbocycles. The van der Waals surface area contributed by atoms with Crippen LogP contribution in [0.3, 0.4) is 0 Å².